The lowest BCUT2D eigenvalue weighted by atomic mass is 10.1. The quantitative estimate of drug-likeness (QED) is 0.460. The van der Waals surface area contributed by atoms with Gasteiger partial charge in [-0.25, -0.2) is 23.1 Å². The van der Waals surface area contributed by atoms with Crippen LogP contribution in [0.15, 0.2) is 72.0 Å². The third kappa shape index (κ3) is 4.01. The van der Waals surface area contributed by atoms with Gasteiger partial charge in [-0.1, -0.05) is 30.3 Å². The van der Waals surface area contributed by atoms with E-state index in [9.17, 15) is 8.42 Å². The van der Waals surface area contributed by atoms with E-state index in [-0.39, 0.29) is 11.0 Å². The van der Waals surface area contributed by atoms with Crippen LogP contribution in [0.2, 0.25) is 0 Å². The van der Waals surface area contributed by atoms with Gasteiger partial charge >= 0.3 is 0 Å². The van der Waals surface area contributed by atoms with Gasteiger partial charge in [-0.2, -0.15) is 5.10 Å². The zero-order valence-corrected chi connectivity index (χ0v) is 17.7. The summed E-state index contributed by atoms with van der Waals surface area (Å²) in [5.74, 6) is 0.508. The molecule has 0 aliphatic carbocycles. The Morgan fingerprint density at radius 1 is 1.03 bits per heavy atom. The van der Waals surface area contributed by atoms with Gasteiger partial charge in [-0.15, -0.1) is 0 Å². The highest BCUT2D eigenvalue weighted by Gasteiger charge is 2.29. The number of hydrogen-bond donors (Lipinski definition) is 0. The summed E-state index contributed by atoms with van der Waals surface area (Å²) >= 11 is 0. The summed E-state index contributed by atoms with van der Waals surface area (Å²) in [6.07, 6.45) is 4.39. The fourth-order valence-corrected chi connectivity index (χ4v) is 4.30. The number of hydrogen-bond acceptors (Lipinski definition) is 7. The van der Waals surface area contributed by atoms with E-state index >= 15 is 0 Å². The van der Waals surface area contributed by atoms with Gasteiger partial charge in [0.1, 0.15) is 17.8 Å². The van der Waals surface area contributed by atoms with Gasteiger partial charge < -0.3 is 4.74 Å². The Morgan fingerprint density at radius 3 is 2.48 bits per heavy atom. The number of rotatable bonds is 6. The Labute approximate surface area is 180 Å². The number of benzene rings is 2. The zero-order valence-electron chi connectivity index (χ0n) is 16.9. The molecule has 2 aromatic heterocycles. The summed E-state index contributed by atoms with van der Waals surface area (Å²) < 4.78 is 31.1. The minimum atomic E-state index is -3.25. The highest BCUT2D eigenvalue weighted by molar-refractivity contribution is 7.90. The minimum Gasteiger partial charge on any atom is -0.471 e. The van der Waals surface area contributed by atoms with Crippen LogP contribution in [0.25, 0.3) is 16.7 Å². The Hall–Kier alpha value is -3.30. The largest absolute Gasteiger partial charge is 0.471 e. The third-order valence-corrected chi connectivity index (χ3v) is 6.42. The maximum Gasteiger partial charge on any atom is 0.228 e. The van der Waals surface area contributed by atoms with E-state index in [1.54, 1.807) is 35.1 Å². The summed E-state index contributed by atoms with van der Waals surface area (Å²) in [4.78, 5) is 11.2. The van der Waals surface area contributed by atoms with E-state index in [2.05, 4.69) is 32.1 Å². The maximum atomic E-state index is 11.7. The number of nitrogens with zero attached hydrogens (tertiary/aromatic N) is 5. The van der Waals surface area contributed by atoms with Crippen molar-refractivity contribution in [3.63, 3.8) is 0 Å². The molecule has 9 heteroatoms. The summed E-state index contributed by atoms with van der Waals surface area (Å²) in [6, 6.07) is 16.9. The Morgan fingerprint density at radius 2 is 1.77 bits per heavy atom. The SMILES string of the molecule is CS(=O)(=O)c1ccc(-n2ncc3c(OC4CN(Cc5ccccc5)C4)ncnc32)cc1. The summed E-state index contributed by atoms with van der Waals surface area (Å²) in [5, 5.41) is 5.13. The van der Waals surface area contributed by atoms with E-state index in [0.29, 0.717) is 17.2 Å². The summed E-state index contributed by atoms with van der Waals surface area (Å²) in [6.45, 7) is 2.57. The first-order valence-corrected chi connectivity index (χ1v) is 11.8. The minimum absolute atomic E-state index is 0.0687. The van der Waals surface area contributed by atoms with Crippen molar-refractivity contribution in [3.05, 3.63) is 72.7 Å². The van der Waals surface area contributed by atoms with Gasteiger partial charge in [0.05, 0.1) is 16.8 Å². The second kappa shape index (κ2) is 7.75. The Balaban J connectivity index is 1.31. The topological polar surface area (TPSA) is 90.2 Å². The Kier molecular flexibility index (Phi) is 4.91. The van der Waals surface area contributed by atoms with Crippen molar-refractivity contribution in [3.8, 4) is 11.6 Å². The van der Waals surface area contributed by atoms with E-state index < -0.39 is 9.84 Å². The van der Waals surface area contributed by atoms with Crippen molar-refractivity contribution in [2.75, 3.05) is 19.3 Å². The molecular formula is C22H21N5O3S. The van der Waals surface area contributed by atoms with Crippen molar-refractivity contribution in [1.82, 2.24) is 24.6 Å². The van der Waals surface area contributed by atoms with Crippen LogP contribution in [0.5, 0.6) is 5.88 Å². The van der Waals surface area contributed by atoms with Crippen molar-refractivity contribution >= 4 is 20.9 Å². The maximum absolute atomic E-state index is 11.7. The predicted molar refractivity (Wildman–Crippen MR) is 116 cm³/mol. The fraction of sp³-hybridized carbons (Fsp3) is 0.227. The molecule has 0 spiro atoms. The van der Waals surface area contributed by atoms with Crippen LogP contribution in [0.3, 0.4) is 0 Å². The lowest BCUT2D eigenvalue weighted by Gasteiger charge is -2.38. The molecule has 8 nitrogen and oxygen atoms in total. The zero-order chi connectivity index (χ0) is 21.4. The first kappa shape index (κ1) is 19.7. The molecule has 0 amide bonds. The predicted octanol–water partition coefficient (Wildman–Crippen LogP) is 2.48. The van der Waals surface area contributed by atoms with Crippen LogP contribution in [-0.2, 0) is 16.4 Å². The van der Waals surface area contributed by atoms with Crippen LogP contribution < -0.4 is 4.74 Å². The number of ether oxygens (including phenoxy) is 1. The molecule has 0 N–H and O–H groups in total. The first-order chi connectivity index (χ1) is 15.0. The molecule has 5 rings (SSSR count). The highest BCUT2D eigenvalue weighted by Crippen LogP contribution is 2.26. The van der Waals surface area contributed by atoms with E-state index in [1.165, 1.54) is 18.1 Å². The molecule has 1 aliphatic heterocycles. The van der Waals surface area contributed by atoms with Crippen LogP contribution in [0, 0.1) is 0 Å². The fourth-order valence-electron chi connectivity index (χ4n) is 3.67. The molecule has 0 atom stereocenters. The standard InChI is InChI=1S/C22H21N5O3S/c1-31(28,29)19-9-7-17(8-10-19)27-21-20(11-25-27)22(24-15-23-21)30-18-13-26(14-18)12-16-5-3-2-4-6-16/h2-11,15,18H,12-14H2,1H3. The third-order valence-electron chi connectivity index (χ3n) is 5.29. The van der Waals surface area contributed by atoms with Crippen molar-refractivity contribution in [2.45, 2.75) is 17.5 Å². The second-order valence-electron chi connectivity index (χ2n) is 7.66. The van der Waals surface area contributed by atoms with Crippen LogP contribution >= 0.6 is 0 Å². The van der Waals surface area contributed by atoms with E-state index in [0.717, 1.165) is 25.0 Å². The first-order valence-electron chi connectivity index (χ1n) is 9.89. The molecule has 2 aromatic carbocycles. The van der Waals surface area contributed by atoms with E-state index in [4.69, 9.17) is 4.74 Å². The average molecular weight is 436 g/mol. The van der Waals surface area contributed by atoms with Gasteiger partial charge in [-0.05, 0) is 29.8 Å². The molecule has 0 saturated carbocycles. The monoisotopic (exact) mass is 435 g/mol. The molecule has 1 saturated heterocycles. The number of aromatic nitrogens is 4. The van der Waals surface area contributed by atoms with Gasteiger partial charge in [0.2, 0.25) is 5.88 Å². The molecule has 0 bridgehead atoms. The molecule has 31 heavy (non-hydrogen) atoms. The molecule has 1 aliphatic rings. The van der Waals surface area contributed by atoms with Crippen molar-refractivity contribution < 1.29 is 13.2 Å². The molecular weight excluding hydrogens is 414 g/mol. The lowest BCUT2D eigenvalue weighted by Crippen LogP contribution is -2.53. The smallest absolute Gasteiger partial charge is 0.228 e. The molecule has 158 valence electrons. The Bertz CT molecular complexity index is 1310. The molecule has 1 fully saturated rings. The normalized spacial score (nSPS) is 15.1. The van der Waals surface area contributed by atoms with Crippen molar-refractivity contribution in [2.24, 2.45) is 0 Å². The van der Waals surface area contributed by atoms with Crippen LogP contribution in [0.4, 0.5) is 0 Å². The highest BCUT2D eigenvalue weighted by atomic mass is 32.2. The van der Waals surface area contributed by atoms with Crippen molar-refractivity contribution in [1.29, 1.82) is 0 Å². The van der Waals surface area contributed by atoms with Crippen LogP contribution in [0.1, 0.15) is 5.56 Å². The summed E-state index contributed by atoms with van der Waals surface area (Å²) in [5.41, 5.74) is 2.61. The number of sulfone groups is 1. The van der Waals surface area contributed by atoms with Gasteiger partial charge in [0, 0.05) is 25.9 Å². The summed E-state index contributed by atoms with van der Waals surface area (Å²) in [7, 11) is -3.25. The number of fused-ring (bicyclic) bond motifs is 1. The molecule has 0 unspecified atom stereocenters. The molecule has 3 heterocycles. The van der Waals surface area contributed by atoms with Gasteiger partial charge in [0.15, 0.2) is 15.5 Å². The lowest BCUT2D eigenvalue weighted by molar-refractivity contribution is 0.0128. The van der Waals surface area contributed by atoms with Gasteiger partial charge in [0.25, 0.3) is 0 Å². The second-order valence-corrected chi connectivity index (χ2v) is 9.67. The van der Waals surface area contributed by atoms with Gasteiger partial charge in [-0.3, -0.25) is 4.90 Å². The number of likely N-dealkylation sites (tertiary alicyclic amines) is 1. The molecule has 4 aromatic rings. The van der Waals surface area contributed by atoms with Crippen LogP contribution in [-0.4, -0.2) is 58.5 Å². The van der Waals surface area contributed by atoms with E-state index in [1.807, 2.05) is 18.2 Å². The molecule has 0 radical (unpaired) electrons. The average Bonchev–Trinajstić information content (AvgIpc) is 3.17.